The Morgan fingerprint density at radius 1 is 0.862 bits per heavy atom. The van der Waals surface area contributed by atoms with Crippen LogP contribution in [0, 0.1) is 29.3 Å². The first-order valence-corrected chi connectivity index (χ1v) is 9.19. The van der Waals surface area contributed by atoms with Gasteiger partial charge in [-0.25, -0.2) is 13.2 Å². The monoisotopic (exact) mass is 392 g/mol. The van der Waals surface area contributed by atoms with Crippen LogP contribution in [0.5, 0.6) is 5.75 Å². The van der Waals surface area contributed by atoms with Crippen LogP contribution in [0.1, 0.15) is 30.5 Å². The second kappa shape index (κ2) is 9.16. The second-order valence-corrected chi connectivity index (χ2v) is 6.24. The molecule has 0 fully saturated rings. The molecule has 0 bridgehead atoms. The summed E-state index contributed by atoms with van der Waals surface area (Å²) in [5, 5.41) is 0. The van der Waals surface area contributed by atoms with Gasteiger partial charge in [0, 0.05) is 11.1 Å². The molecule has 4 heteroatoms. The minimum Gasteiger partial charge on any atom is -0.491 e. The summed E-state index contributed by atoms with van der Waals surface area (Å²) >= 11 is 0. The topological polar surface area (TPSA) is 9.23 Å². The third kappa shape index (κ3) is 4.70. The van der Waals surface area contributed by atoms with Crippen molar-refractivity contribution < 1.29 is 17.9 Å². The molecule has 0 aliphatic rings. The summed E-state index contributed by atoms with van der Waals surface area (Å²) in [4.78, 5) is 0. The Morgan fingerprint density at radius 3 is 2.24 bits per heavy atom. The van der Waals surface area contributed by atoms with Crippen LogP contribution in [0.4, 0.5) is 13.2 Å². The van der Waals surface area contributed by atoms with Crippen LogP contribution in [0.3, 0.4) is 0 Å². The van der Waals surface area contributed by atoms with Gasteiger partial charge in [0.25, 0.3) is 0 Å². The minimum atomic E-state index is -0.963. The molecule has 0 heterocycles. The summed E-state index contributed by atoms with van der Waals surface area (Å²) in [5.41, 5.74) is 2.33. The van der Waals surface area contributed by atoms with Crippen molar-refractivity contribution in [2.45, 2.75) is 13.8 Å². The maximum Gasteiger partial charge on any atom is 0.175 e. The molecule has 29 heavy (non-hydrogen) atoms. The van der Waals surface area contributed by atoms with Crippen LogP contribution in [0.25, 0.3) is 17.2 Å². The average molecular weight is 392 g/mol. The number of allylic oxidation sites excluding steroid dienone is 1. The van der Waals surface area contributed by atoms with E-state index in [1.807, 2.05) is 0 Å². The van der Waals surface area contributed by atoms with Gasteiger partial charge in [0.05, 0.1) is 12.2 Å². The van der Waals surface area contributed by atoms with E-state index in [0.717, 1.165) is 5.56 Å². The van der Waals surface area contributed by atoms with Crippen LogP contribution in [-0.4, -0.2) is 6.61 Å². The molecule has 0 atom stereocenters. The molecule has 3 rings (SSSR count). The van der Waals surface area contributed by atoms with Gasteiger partial charge < -0.3 is 4.74 Å². The minimum absolute atomic E-state index is 0.00610. The van der Waals surface area contributed by atoms with Gasteiger partial charge in [-0.3, -0.25) is 0 Å². The van der Waals surface area contributed by atoms with Crippen LogP contribution >= 0.6 is 0 Å². The average Bonchev–Trinajstić information content (AvgIpc) is 2.73. The molecule has 0 N–H and O–H groups in total. The Bertz CT molecular complexity index is 1100. The fourth-order valence-corrected chi connectivity index (χ4v) is 2.81. The van der Waals surface area contributed by atoms with Crippen molar-refractivity contribution in [1.29, 1.82) is 0 Å². The normalized spacial score (nSPS) is 10.7. The molecular weight excluding hydrogens is 373 g/mol. The van der Waals surface area contributed by atoms with Gasteiger partial charge in [0.2, 0.25) is 0 Å². The standard InChI is InChI=1S/C25H19F3O/c1-3-5-19-12-13-20(25(28)24(19)27)11-8-17-6-9-18(10-7-17)21-14-15-23(29-4-2)22(26)16-21/h3,5-7,9-10,12-16H,4H2,1-2H3/b5-3+. The zero-order valence-electron chi connectivity index (χ0n) is 16.1. The molecule has 0 spiro atoms. The van der Waals surface area contributed by atoms with Gasteiger partial charge in [0.15, 0.2) is 23.2 Å². The molecule has 0 aliphatic carbocycles. The van der Waals surface area contributed by atoms with E-state index < -0.39 is 17.5 Å². The Morgan fingerprint density at radius 2 is 1.59 bits per heavy atom. The lowest BCUT2D eigenvalue weighted by Crippen LogP contribution is -1.94. The highest BCUT2D eigenvalue weighted by molar-refractivity contribution is 5.65. The summed E-state index contributed by atoms with van der Waals surface area (Å²) < 4.78 is 47.4. The molecule has 0 unspecified atom stereocenters. The SMILES string of the molecule is C/C=C/c1ccc(C#Cc2ccc(-c3ccc(OCC)c(F)c3)cc2)c(F)c1F. The lowest BCUT2D eigenvalue weighted by atomic mass is 10.0. The summed E-state index contributed by atoms with van der Waals surface area (Å²) in [5.74, 6) is 3.41. The van der Waals surface area contributed by atoms with Gasteiger partial charge in [-0.2, -0.15) is 0 Å². The number of hydrogen-bond acceptors (Lipinski definition) is 1. The quantitative estimate of drug-likeness (QED) is 0.455. The van der Waals surface area contributed by atoms with Gasteiger partial charge in [-0.1, -0.05) is 48.3 Å². The molecule has 0 aromatic heterocycles. The molecule has 3 aromatic rings. The zero-order valence-corrected chi connectivity index (χ0v) is 16.1. The maximum absolute atomic E-state index is 14.1. The van der Waals surface area contributed by atoms with E-state index in [1.54, 1.807) is 56.3 Å². The fraction of sp³-hybridized carbons (Fsp3) is 0.120. The second-order valence-electron chi connectivity index (χ2n) is 6.24. The third-order valence-electron chi connectivity index (χ3n) is 4.25. The largest absolute Gasteiger partial charge is 0.491 e. The van der Waals surface area contributed by atoms with Crippen molar-refractivity contribution in [1.82, 2.24) is 0 Å². The predicted molar refractivity (Wildman–Crippen MR) is 110 cm³/mol. The van der Waals surface area contributed by atoms with Crippen molar-refractivity contribution in [3.05, 3.63) is 94.8 Å². The van der Waals surface area contributed by atoms with E-state index in [0.29, 0.717) is 17.7 Å². The van der Waals surface area contributed by atoms with E-state index in [4.69, 9.17) is 4.74 Å². The Labute approximate surface area is 168 Å². The molecule has 0 radical (unpaired) electrons. The van der Waals surface area contributed by atoms with Gasteiger partial charge in [-0.05, 0) is 55.3 Å². The van der Waals surface area contributed by atoms with E-state index in [-0.39, 0.29) is 16.9 Å². The highest BCUT2D eigenvalue weighted by atomic mass is 19.2. The summed E-state index contributed by atoms with van der Waals surface area (Å²) in [6, 6.07) is 14.8. The van der Waals surface area contributed by atoms with Crippen LogP contribution in [0.2, 0.25) is 0 Å². The first-order valence-electron chi connectivity index (χ1n) is 9.19. The van der Waals surface area contributed by atoms with E-state index in [1.165, 1.54) is 24.3 Å². The predicted octanol–water partition coefficient (Wildman–Crippen LogP) is 6.60. The number of hydrogen-bond donors (Lipinski definition) is 0. The molecule has 0 aliphatic heterocycles. The lowest BCUT2D eigenvalue weighted by molar-refractivity contribution is 0.321. The van der Waals surface area contributed by atoms with Crippen LogP contribution < -0.4 is 4.74 Å². The number of halogens is 3. The first kappa shape index (κ1) is 20.3. The molecule has 0 amide bonds. The third-order valence-corrected chi connectivity index (χ3v) is 4.25. The zero-order chi connectivity index (χ0) is 20.8. The number of ether oxygens (including phenoxy) is 1. The van der Waals surface area contributed by atoms with Crippen molar-refractivity contribution in [3.8, 4) is 28.7 Å². The Balaban J connectivity index is 1.82. The number of benzene rings is 3. The molecule has 146 valence electrons. The smallest absolute Gasteiger partial charge is 0.175 e. The van der Waals surface area contributed by atoms with Gasteiger partial charge in [-0.15, -0.1) is 0 Å². The van der Waals surface area contributed by atoms with Crippen molar-refractivity contribution >= 4 is 6.08 Å². The summed E-state index contributed by atoms with van der Waals surface area (Å²) in [7, 11) is 0. The molecule has 0 saturated carbocycles. The Kier molecular flexibility index (Phi) is 6.41. The summed E-state index contributed by atoms with van der Waals surface area (Å²) in [6.07, 6.45) is 3.14. The number of rotatable bonds is 4. The van der Waals surface area contributed by atoms with Crippen molar-refractivity contribution in [2.24, 2.45) is 0 Å². The summed E-state index contributed by atoms with van der Waals surface area (Å²) in [6.45, 7) is 3.92. The maximum atomic E-state index is 14.1. The van der Waals surface area contributed by atoms with E-state index in [9.17, 15) is 13.2 Å². The Hall–Kier alpha value is -3.45. The first-order chi connectivity index (χ1) is 14.0. The van der Waals surface area contributed by atoms with E-state index >= 15 is 0 Å². The fourth-order valence-electron chi connectivity index (χ4n) is 2.81. The van der Waals surface area contributed by atoms with E-state index in [2.05, 4.69) is 11.8 Å². The molecule has 0 saturated heterocycles. The van der Waals surface area contributed by atoms with Gasteiger partial charge in [0.1, 0.15) is 0 Å². The molecule has 1 nitrogen and oxygen atoms in total. The lowest BCUT2D eigenvalue weighted by Gasteiger charge is -2.07. The molecule has 3 aromatic carbocycles. The molecular formula is C25H19F3O. The van der Waals surface area contributed by atoms with Crippen molar-refractivity contribution in [2.75, 3.05) is 6.61 Å². The van der Waals surface area contributed by atoms with Crippen LogP contribution in [-0.2, 0) is 0 Å². The highest BCUT2D eigenvalue weighted by Crippen LogP contribution is 2.26. The van der Waals surface area contributed by atoms with Crippen molar-refractivity contribution in [3.63, 3.8) is 0 Å². The highest BCUT2D eigenvalue weighted by Gasteiger charge is 2.10. The van der Waals surface area contributed by atoms with Gasteiger partial charge >= 0.3 is 0 Å². The van der Waals surface area contributed by atoms with Crippen LogP contribution in [0.15, 0.2) is 60.7 Å².